The lowest BCUT2D eigenvalue weighted by molar-refractivity contribution is 0.540. The lowest BCUT2D eigenvalue weighted by Gasteiger charge is -2.39. The molecule has 0 bridgehead atoms. The first-order chi connectivity index (χ1) is 8.38. The van der Waals surface area contributed by atoms with E-state index in [-0.39, 0.29) is 0 Å². The number of allylic oxidation sites excluding steroid dienone is 1. The molecule has 0 amide bonds. The fraction of sp³-hybridized carbons (Fsp3) is 0.867. The van der Waals surface area contributed by atoms with Gasteiger partial charge in [0.05, 0.1) is 8.07 Å². The van der Waals surface area contributed by atoms with Gasteiger partial charge in [0.15, 0.2) is 0 Å². The van der Waals surface area contributed by atoms with Crippen LogP contribution in [0.15, 0.2) is 10.8 Å². The molecular weight excluding hydrogens is 250 g/mol. The predicted molar refractivity (Wildman–Crippen MR) is 92.2 cm³/mol. The van der Waals surface area contributed by atoms with Crippen molar-refractivity contribution in [2.24, 2.45) is 0 Å². The standard InChI is InChI=1S/C15H35NSi2/c1-8-15(18(9-2,10-3)11-4)16-13(6)12(5)14(7)17/h13,15-16H,8-11H2,1-7,17H3. The zero-order valence-electron chi connectivity index (χ0n) is 14.0. The normalized spacial score (nSPS) is 17.5. The van der Waals surface area contributed by atoms with Gasteiger partial charge in [-0.3, -0.25) is 0 Å². The highest BCUT2D eigenvalue weighted by atomic mass is 28.3. The SMILES string of the molecule is CCC(NC(C)C(C)=C(C)[SiH3])[Si](CC)(CC)CC. The third-order valence-electron chi connectivity index (χ3n) is 5.15. The molecule has 0 aromatic heterocycles. The van der Waals surface area contributed by atoms with Crippen molar-refractivity contribution in [1.82, 2.24) is 5.32 Å². The van der Waals surface area contributed by atoms with E-state index < -0.39 is 8.07 Å². The van der Waals surface area contributed by atoms with Crippen molar-refractivity contribution in [3.8, 4) is 0 Å². The van der Waals surface area contributed by atoms with E-state index in [2.05, 4.69) is 53.8 Å². The van der Waals surface area contributed by atoms with E-state index in [9.17, 15) is 0 Å². The lowest BCUT2D eigenvalue weighted by Crippen LogP contribution is -2.56. The number of nitrogens with one attached hydrogen (secondary N) is 1. The minimum absolute atomic E-state index is 0.559. The van der Waals surface area contributed by atoms with Crippen molar-refractivity contribution in [2.75, 3.05) is 0 Å². The van der Waals surface area contributed by atoms with Crippen molar-refractivity contribution in [1.29, 1.82) is 0 Å². The highest BCUT2D eigenvalue weighted by molar-refractivity contribution is 6.81. The predicted octanol–water partition coefficient (Wildman–Crippen LogP) is 3.45. The van der Waals surface area contributed by atoms with Crippen LogP contribution in [-0.4, -0.2) is 30.0 Å². The smallest absolute Gasteiger partial charge is 0.0718 e. The Morgan fingerprint density at radius 1 is 1.06 bits per heavy atom. The zero-order chi connectivity index (χ0) is 14.3. The van der Waals surface area contributed by atoms with Gasteiger partial charge in [-0.2, -0.15) is 0 Å². The Kier molecular flexibility index (Phi) is 8.40. The number of rotatable bonds is 8. The first-order valence-corrected chi connectivity index (χ1v) is 11.5. The van der Waals surface area contributed by atoms with E-state index in [4.69, 9.17) is 0 Å². The molecule has 18 heavy (non-hydrogen) atoms. The monoisotopic (exact) mass is 285 g/mol. The first kappa shape index (κ1) is 18.1. The largest absolute Gasteiger partial charge is 0.310 e. The maximum absolute atomic E-state index is 3.97. The van der Waals surface area contributed by atoms with E-state index in [1.807, 2.05) is 0 Å². The van der Waals surface area contributed by atoms with Crippen LogP contribution in [0.25, 0.3) is 0 Å². The summed E-state index contributed by atoms with van der Waals surface area (Å²) in [6.07, 6.45) is 1.29. The van der Waals surface area contributed by atoms with Crippen LogP contribution in [-0.2, 0) is 0 Å². The molecule has 0 aliphatic carbocycles. The Balaban J connectivity index is 4.95. The second kappa shape index (κ2) is 8.33. The average Bonchev–Trinajstić information content (AvgIpc) is 2.38. The highest BCUT2D eigenvalue weighted by Crippen LogP contribution is 2.27. The van der Waals surface area contributed by atoms with Gasteiger partial charge in [0.25, 0.3) is 0 Å². The van der Waals surface area contributed by atoms with E-state index in [1.54, 1.807) is 10.8 Å². The van der Waals surface area contributed by atoms with Crippen molar-refractivity contribution in [2.45, 2.75) is 84.7 Å². The van der Waals surface area contributed by atoms with Gasteiger partial charge in [-0.05, 0) is 27.2 Å². The van der Waals surface area contributed by atoms with Crippen LogP contribution in [0.1, 0.15) is 54.9 Å². The second-order valence-electron chi connectivity index (χ2n) is 5.96. The molecule has 0 aromatic carbocycles. The molecule has 0 aliphatic rings. The highest BCUT2D eigenvalue weighted by Gasteiger charge is 2.35. The lowest BCUT2D eigenvalue weighted by atomic mass is 10.1. The van der Waals surface area contributed by atoms with Gasteiger partial charge in [0.1, 0.15) is 0 Å². The maximum atomic E-state index is 3.97. The summed E-state index contributed by atoms with van der Waals surface area (Å²) in [5.41, 5.74) is 2.36. The Bertz CT molecular complexity index is 257. The molecule has 1 N–H and O–H groups in total. The van der Waals surface area contributed by atoms with Crippen molar-refractivity contribution < 1.29 is 0 Å². The van der Waals surface area contributed by atoms with Crippen LogP contribution in [0.3, 0.4) is 0 Å². The van der Waals surface area contributed by atoms with Gasteiger partial charge in [0.2, 0.25) is 0 Å². The summed E-state index contributed by atoms with van der Waals surface area (Å²) in [5, 5.41) is 5.57. The Labute approximate surface area is 119 Å². The molecule has 0 spiro atoms. The van der Waals surface area contributed by atoms with Gasteiger partial charge < -0.3 is 5.32 Å². The maximum Gasteiger partial charge on any atom is 0.0718 e. The fourth-order valence-corrected chi connectivity index (χ4v) is 7.96. The number of hydrogen-bond acceptors (Lipinski definition) is 1. The summed E-state index contributed by atoms with van der Waals surface area (Å²) >= 11 is 0. The van der Waals surface area contributed by atoms with E-state index in [1.165, 1.54) is 34.8 Å². The van der Waals surface area contributed by atoms with Gasteiger partial charge in [-0.25, -0.2) is 0 Å². The van der Waals surface area contributed by atoms with Crippen LogP contribution in [0.4, 0.5) is 0 Å². The topological polar surface area (TPSA) is 12.0 Å². The Morgan fingerprint density at radius 2 is 1.50 bits per heavy atom. The molecule has 0 saturated carbocycles. The van der Waals surface area contributed by atoms with E-state index in [0.717, 1.165) is 5.67 Å². The van der Waals surface area contributed by atoms with Crippen LogP contribution in [0.2, 0.25) is 18.1 Å². The minimum Gasteiger partial charge on any atom is -0.310 e. The van der Waals surface area contributed by atoms with Crippen molar-refractivity contribution >= 4 is 18.3 Å². The molecule has 3 heteroatoms. The van der Waals surface area contributed by atoms with Crippen LogP contribution >= 0.6 is 0 Å². The van der Waals surface area contributed by atoms with Crippen molar-refractivity contribution in [3.63, 3.8) is 0 Å². The van der Waals surface area contributed by atoms with Crippen LogP contribution < -0.4 is 5.32 Å². The van der Waals surface area contributed by atoms with E-state index >= 15 is 0 Å². The molecule has 1 nitrogen and oxygen atoms in total. The molecule has 0 heterocycles. The minimum atomic E-state index is -1.11. The molecular formula is C15H35NSi2. The van der Waals surface area contributed by atoms with Crippen LogP contribution in [0.5, 0.6) is 0 Å². The third kappa shape index (κ3) is 4.35. The molecule has 2 atom stereocenters. The molecule has 0 fully saturated rings. The quantitative estimate of drug-likeness (QED) is 0.674. The summed E-state index contributed by atoms with van der Waals surface area (Å²) in [7, 11) is 0.0830. The summed E-state index contributed by atoms with van der Waals surface area (Å²) in [6.45, 7) is 16.5. The molecule has 0 aromatic rings. The summed E-state index contributed by atoms with van der Waals surface area (Å²) in [6, 6.07) is 4.81. The molecule has 0 radical (unpaired) electrons. The van der Waals surface area contributed by atoms with Gasteiger partial charge >= 0.3 is 0 Å². The van der Waals surface area contributed by atoms with Gasteiger partial charge in [0, 0.05) is 21.9 Å². The summed E-state index contributed by atoms with van der Waals surface area (Å²) < 4.78 is 0. The average molecular weight is 286 g/mol. The molecule has 0 rings (SSSR count). The third-order valence-corrected chi connectivity index (χ3v) is 12.2. The first-order valence-electron chi connectivity index (χ1n) is 7.78. The summed E-state index contributed by atoms with van der Waals surface area (Å²) in [4.78, 5) is 0. The second-order valence-corrected chi connectivity index (χ2v) is 13.0. The Hall–Kier alpha value is 0.134. The molecule has 108 valence electrons. The van der Waals surface area contributed by atoms with Gasteiger partial charge in [-0.1, -0.05) is 56.6 Å². The Morgan fingerprint density at radius 3 is 1.78 bits per heavy atom. The molecule has 2 unspecified atom stereocenters. The van der Waals surface area contributed by atoms with E-state index in [0.29, 0.717) is 6.04 Å². The van der Waals surface area contributed by atoms with Crippen LogP contribution in [0, 0.1) is 0 Å². The number of hydrogen-bond donors (Lipinski definition) is 1. The molecule has 0 saturated heterocycles. The van der Waals surface area contributed by atoms with Crippen molar-refractivity contribution in [3.05, 3.63) is 10.8 Å². The van der Waals surface area contributed by atoms with Gasteiger partial charge in [-0.15, -0.1) is 0 Å². The molecule has 0 aliphatic heterocycles. The fourth-order valence-electron chi connectivity index (χ4n) is 3.08. The zero-order valence-corrected chi connectivity index (χ0v) is 17.0. The summed E-state index contributed by atoms with van der Waals surface area (Å²) in [5.74, 6) is 0.